The van der Waals surface area contributed by atoms with Crippen LogP contribution in [0.1, 0.15) is 5.56 Å². The van der Waals surface area contributed by atoms with Crippen molar-refractivity contribution in [3.63, 3.8) is 0 Å². The van der Waals surface area contributed by atoms with Gasteiger partial charge >= 0.3 is 0 Å². The van der Waals surface area contributed by atoms with Gasteiger partial charge in [-0.2, -0.15) is 0 Å². The first kappa shape index (κ1) is 20.1. The van der Waals surface area contributed by atoms with Crippen LogP contribution in [0.4, 0.5) is 0 Å². The average molecular weight is 520 g/mol. The Morgan fingerprint density at radius 2 is 1.82 bits per heavy atom. The number of ether oxygens (including phenoxy) is 1. The van der Waals surface area contributed by atoms with Gasteiger partial charge in [-0.3, -0.25) is 9.89 Å². The molecule has 1 saturated heterocycles. The van der Waals surface area contributed by atoms with E-state index in [9.17, 15) is 0 Å². The molecular formula is C15H21AuN3OS2-2. The molecule has 1 aliphatic heterocycles. The summed E-state index contributed by atoms with van der Waals surface area (Å²) in [6, 6.07) is 7.91. The second-order valence-corrected chi connectivity index (χ2v) is 6.18. The molecule has 7 heteroatoms. The Kier molecular flexibility index (Phi) is 9.82. The molecule has 0 saturated carbocycles. The van der Waals surface area contributed by atoms with Gasteiger partial charge < -0.3 is 34.9 Å². The van der Waals surface area contributed by atoms with Crippen molar-refractivity contribution in [3.05, 3.63) is 29.8 Å². The molecule has 0 atom stereocenters. The van der Waals surface area contributed by atoms with Gasteiger partial charge in [-0.1, -0.05) is 0 Å². The van der Waals surface area contributed by atoms with Crippen LogP contribution in [-0.2, 0) is 47.6 Å². The van der Waals surface area contributed by atoms with Gasteiger partial charge in [0.2, 0.25) is 0 Å². The first-order chi connectivity index (χ1) is 10.2. The minimum atomic E-state index is -0.166. The van der Waals surface area contributed by atoms with Crippen molar-refractivity contribution in [2.45, 2.75) is 4.71 Å². The molecule has 0 N–H and O–H groups in total. The smallest absolute Gasteiger partial charge is 0.118 e. The Morgan fingerprint density at radius 1 is 1.18 bits per heavy atom. The van der Waals surface area contributed by atoms with Crippen LogP contribution in [0.5, 0.6) is 5.75 Å². The fraction of sp³-hybridized carbons (Fsp3) is 0.533. The summed E-state index contributed by atoms with van der Waals surface area (Å²) < 4.78 is 4.96. The van der Waals surface area contributed by atoms with Crippen LogP contribution in [0.2, 0.25) is 0 Å². The van der Waals surface area contributed by atoms with E-state index in [1.165, 1.54) is 0 Å². The van der Waals surface area contributed by atoms with E-state index < -0.39 is 0 Å². The molecule has 2 rings (SSSR count). The van der Waals surface area contributed by atoms with E-state index in [0.717, 1.165) is 50.6 Å². The molecule has 127 valence electrons. The first-order valence-corrected chi connectivity index (χ1v) is 8.05. The van der Waals surface area contributed by atoms with E-state index >= 15 is 0 Å². The summed E-state index contributed by atoms with van der Waals surface area (Å²) >= 11 is 10.2. The summed E-state index contributed by atoms with van der Waals surface area (Å²) in [6.45, 7) is 5.81. The van der Waals surface area contributed by atoms with Gasteiger partial charge in [0.05, 0.1) is 13.7 Å². The van der Waals surface area contributed by atoms with Crippen molar-refractivity contribution in [1.29, 1.82) is 0 Å². The maximum Gasteiger partial charge on any atom is 0.118 e. The van der Waals surface area contributed by atoms with Crippen LogP contribution in [0.25, 0.3) is 0 Å². The number of nitrogens with zero attached hydrogens (tertiary/aromatic N) is 3. The van der Waals surface area contributed by atoms with E-state index in [4.69, 9.17) is 30.0 Å². The Morgan fingerprint density at radius 3 is 2.36 bits per heavy atom. The zero-order valence-electron chi connectivity index (χ0n) is 12.6. The van der Waals surface area contributed by atoms with Gasteiger partial charge in [0.1, 0.15) is 5.75 Å². The predicted octanol–water partition coefficient (Wildman–Crippen LogP) is 1.11. The zero-order chi connectivity index (χ0) is 15.1. The third-order valence-corrected chi connectivity index (χ3v) is 4.20. The van der Waals surface area contributed by atoms with E-state index in [2.05, 4.69) is 14.8 Å². The number of piperazine rings is 1. The Bertz CT molecular complexity index is 449. The molecule has 0 bridgehead atoms. The van der Waals surface area contributed by atoms with Crippen LogP contribution < -0.4 is 4.74 Å². The Hall–Kier alpha value is 0.0503. The first-order valence-electron chi connectivity index (χ1n) is 7.11. The molecule has 0 aromatic heterocycles. The fourth-order valence-corrected chi connectivity index (χ4v) is 2.68. The topological polar surface area (TPSA) is 28.1 Å². The number of rotatable bonds is 6. The SMILES string of the molecule is COc1ccc(C=NCCN2CCN(C([S-])[S-])CC2)cc1.[Au]. The van der Waals surface area contributed by atoms with Gasteiger partial charge in [0.25, 0.3) is 0 Å². The third kappa shape index (κ3) is 6.66. The maximum atomic E-state index is 5.13. The standard InChI is InChI=1S/C15H23N3OS2.Au/c1-19-14-4-2-13(3-5-14)12-16-6-7-17-8-10-18(11-9-17)15(20)21;/h2-5,12,15,20-21H,6-11H2,1H3;/p-2. The number of methoxy groups -OCH3 is 1. The fourth-order valence-electron chi connectivity index (χ4n) is 2.26. The van der Waals surface area contributed by atoms with Crippen molar-refractivity contribution >= 4 is 31.5 Å². The number of aliphatic imine (C=N–C) groups is 1. The van der Waals surface area contributed by atoms with E-state index in [-0.39, 0.29) is 27.1 Å². The molecule has 0 spiro atoms. The summed E-state index contributed by atoms with van der Waals surface area (Å²) in [5, 5.41) is 0. The molecule has 1 aromatic rings. The normalized spacial score (nSPS) is 16.9. The van der Waals surface area contributed by atoms with Crippen LogP contribution in [0.15, 0.2) is 29.3 Å². The molecule has 0 amide bonds. The summed E-state index contributed by atoms with van der Waals surface area (Å²) in [4.78, 5) is 9.06. The van der Waals surface area contributed by atoms with Crippen LogP contribution >= 0.6 is 0 Å². The van der Waals surface area contributed by atoms with Gasteiger partial charge in [-0.05, 0) is 29.8 Å². The molecule has 1 aliphatic rings. The second-order valence-electron chi connectivity index (χ2n) is 4.99. The summed E-state index contributed by atoms with van der Waals surface area (Å²) in [5.74, 6) is 0.867. The minimum Gasteiger partial charge on any atom is -0.800 e. The molecule has 1 fully saturated rings. The van der Waals surface area contributed by atoms with Crippen molar-refractivity contribution in [3.8, 4) is 5.75 Å². The largest absolute Gasteiger partial charge is 0.800 e. The molecule has 0 aliphatic carbocycles. The second kappa shape index (κ2) is 10.8. The van der Waals surface area contributed by atoms with Gasteiger partial charge in [0.15, 0.2) is 0 Å². The Labute approximate surface area is 159 Å². The molecule has 22 heavy (non-hydrogen) atoms. The number of hydrogen-bond acceptors (Lipinski definition) is 6. The van der Waals surface area contributed by atoms with Gasteiger partial charge in [-0.15, -0.1) is 0 Å². The maximum absolute atomic E-state index is 5.13. The van der Waals surface area contributed by atoms with Crippen molar-refractivity contribution in [2.24, 2.45) is 4.99 Å². The Balaban J connectivity index is 0.00000242. The molecule has 1 radical (unpaired) electrons. The van der Waals surface area contributed by atoms with E-state index in [1.807, 2.05) is 30.5 Å². The van der Waals surface area contributed by atoms with E-state index in [0.29, 0.717) is 0 Å². The van der Waals surface area contributed by atoms with Crippen LogP contribution in [0.3, 0.4) is 0 Å². The van der Waals surface area contributed by atoms with Gasteiger partial charge in [-0.25, -0.2) is 4.71 Å². The molecular weight excluding hydrogens is 499 g/mol. The van der Waals surface area contributed by atoms with Crippen molar-refractivity contribution < 1.29 is 27.1 Å². The molecule has 1 heterocycles. The zero-order valence-corrected chi connectivity index (χ0v) is 16.4. The summed E-state index contributed by atoms with van der Waals surface area (Å²) in [7, 11) is 1.67. The van der Waals surface area contributed by atoms with Gasteiger partial charge in [0, 0.05) is 61.3 Å². The molecule has 4 nitrogen and oxygen atoms in total. The third-order valence-electron chi connectivity index (χ3n) is 3.61. The summed E-state index contributed by atoms with van der Waals surface area (Å²) in [5.41, 5.74) is 1.10. The van der Waals surface area contributed by atoms with Crippen molar-refractivity contribution in [1.82, 2.24) is 9.80 Å². The predicted molar refractivity (Wildman–Crippen MR) is 92.0 cm³/mol. The molecule has 1 aromatic carbocycles. The average Bonchev–Trinajstić information content (AvgIpc) is 2.52. The van der Waals surface area contributed by atoms with E-state index in [1.54, 1.807) is 7.11 Å². The van der Waals surface area contributed by atoms with Crippen LogP contribution in [0, 0.1) is 0 Å². The van der Waals surface area contributed by atoms with Crippen LogP contribution in [-0.4, -0.2) is 67.1 Å². The minimum absolute atomic E-state index is 0. The monoisotopic (exact) mass is 520 g/mol. The van der Waals surface area contributed by atoms with Crippen molar-refractivity contribution in [2.75, 3.05) is 46.4 Å². The number of benzene rings is 1. The summed E-state index contributed by atoms with van der Waals surface area (Å²) in [6.07, 6.45) is 1.91. The quantitative estimate of drug-likeness (QED) is 0.319. The number of hydrogen-bond donors (Lipinski definition) is 0. The molecule has 0 unspecified atom stereocenters.